The number of benzene rings is 2. The molecule has 0 saturated carbocycles. The zero-order chi connectivity index (χ0) is 14.5. The number of rotatable bonds is 4. The van der Waals surface area contributed by atoms with Crippen molar-refractivity contribution in [3.05, 3.63) is 48.5 Å². The molecule has 1 amide bonds. The Labute approximate surface area is 124 Å². The Hall–Kier alpha value is -1.94. The fourth-order valence-corrected chi connectivity index (χ4v) is 2.10. The lowest BCUT2D eigenvalue weighted by atomic mass is 10.1. The normalized spacial score (nSPS) is 11.8. The van der Waals surface area contributed by atoms with Gasteiger partial charge in [0.1, 0.15) is 0 Å². The van der Waals surface area contributed by atoms with Crippen molar-refractivity contribution in [2.24, 2.45) is 0 Å². The fourth-order valence-electron chi connectivity index (χ4n) is 1.95. The Morgan fingerprint density at radius 1 is 0.950 bits per heavy atom. The second-order valence-corrected chi connectivity index (χ2v) is 5.43. The Balaban J connectivity index is 2.13. The van der Waals surface area contributed by atoms with Gasteiger partial charge in [-0.05, 0) is 42.3 Å². The van der Waals surface area contributed by atoms with E-state index in [0.717, 1.165) is 22.5 Å². The monoisotopic (exact) mass is 286 g/mol. The van der Waals surface area contributed by atoms with Crippen LogP contribution < -0.4 is 10.6 Å². The maximum Gasteiger partial charge on any atom is 0.221 e. The number of carbonyl (C=O) groups excluding carboxylic acids is 1. The first-order valence-corrected chi connectivity index (χ1v) is 6.99. The number of anilines is 2. The summed E-state index contributed by atoms with van der Waals surface area (Å²) in [5.74, 6) is -0.0611. The van der Waals surface area contributed by atoms with Crippen LogP contribution in [-0.2, 0) is 4.79 Å². The largest absolute Gasteiger partial charge is 0.374 e. The lowest BCUT2D eigenvalue weighted by Gasteiger charge is -2.10. The van der Waals surface area contributed by atoms with Crippen molar-refractivity contribution >= 4 is 29.9 Å². The van der Waals surface area contributed by atoms with Gasteiger partial charge in [0.05, 0.1) is 5.37 Å². The van der Waals surface area contributed by atoms with Gasteiger partial charge < -0.3 is 10.6 Å². The van der Waals surface area contributed by atoms with Gasteiger partial charge in [0.2, 0.25) is 5.91 Å². The van der Waals surface area contributed by atoms with E-state index in [4.69, 9.17) is 0 Å². The van der Waals surface area contributed by atoms with Crippen LogP contribution in [-0.4, -0.2) is 11.3 Å². The highest BCUT2D eigenvalue weighted by Gasteiger charge is 2.00. The molecule has 0 fully saturated rings. The lowest BCUT2D eigenvalue weighted by Crippen LogP contribution is -2.06. The molecule has 2 aromatic rings. The molecule has 0 heterocycles. The fraction of sp³-hybridized carbons (Fsp3) is 0.188. The summed E-state index contributed by atoms with van der Waals surface area (Å²) in [6.07, 6.45) is 0. The van der Waals surface area contributed by atoms with Crippen LogP contribution in [0.15, 0.2) is 48.5 Å². The quantitative estimate of drug-likeness (QED) is 0.587. The number of nitrogens with one attached hydrogen (secondary N) is 2. The van der Waals surface area contributed by atoms with Crippen molar-refractivity contribution in [1.29, 1.82) is 0 Å². The summed E-state index contributed by atoms with van der Waals surface area (Å²) in [5, 5.41) is 6.11. The molecule has 3 nitrogen and oxygen atoms in total. The molecule has 2 aromatic carbocycles. The van der Waals surface area contributed by atoms with Gasteiger partial charge in [0, 0.05) is 18.3 Å². The summed E-state index contributed by atoms with van der Waals surface area (Å²) in [7, 11) is 0. The molecule has 0 saturated heterocycles. The van der Waals surface area contributed by atoms with Crippen LogP contribution >= 0.6 is 12.6 Å². The van der Waals surface area contributed by atoms with E-state index in [9.17, 15) is 4.79 Å². The second-order valence-electron chi connectivity index (χ2n) is 4.66. The first kappa shape index (κ1) is 14.5. The van der Waals surface area contributed by atoms with Gasteiger partial charge in [-0.25, -0.2) is 0 Å². The van der Waals surface area contributed by atoms with Crippen LogP contribution in [0.4, 0.5) is 11.4 Å². The van der Waals surface area contributed by atoms with Crippen LogP contribution in [0.1, 0.15) is 13.8 Å². The maximum atomic E-state index is 11.0. The minimum Gasteiger partial charge on any atom is -0.374 e. The molecule has 0 bridgehead atoms. The molecule has 1 atom stereocenters. The van der Waals surface area contributed by atoms with E-state index in [2.05, 4.69) is 35.4 Å². The molecule has 20 heavy (non-hydrogen) atoms. The van der Waals surface area contributed by atoms with Gasteiger partial charge in [0.15, 0.2) is 0 Å². The van der Waals surface area contributed by atoms with Crippen LogP contribution in [0, 0.1) is 0 Å². The van der Waals surface area contributed by atoms with Gasteiger partial charge in [0.25, 0.3) is 0 Å². The second kappa shape index (κ2) is 6.48. The standard InChI is InChI=1S/C16H18N2OS/c1-11(19)17-15-7-3-13(4-8-15)14-5-9-16(10-6-14)18-12(2)20/h3-10,12,18,20H,1-2H3,(H,17,19). The van der Waals surface area contributed by atoms with Gasteiger partial charge in [-0.1, -0.05) is 24.3 Å². The smallest absolute Gasteiger partial charge is 0.221 e. The van der Waals surface area contributed by atoms with Crippen molar-refractivity contribution in [2.45, 2.75) is 19.2 Å². The van der Waals surface area contributed by atoms with Gasteiger partial charge in [-0.2, -0.15) is 12.6 Å². The Bertz CT molecular complexity index is 576. The van der Waals surface area contributed by atoms with Crippen LogP contribution in [0.25, 0.3) is 11.1 Å². The molecule has 0 aliphatic rings. The predicted octanol–water partition coefficient (Wildman–Crippen LogP) is 4.00. The summed E-state index contributed by atoms with van der Waals surface area (Å²) in [6.45, 7) is 3.49. The van der Waals surface area contributed by atoms with E-state index in [-0.39, 0.29) is 11.3 Å². The molecule has 0 spiro atoms. The highest BCUT2D eigenvalue weighted by Crippen LogP contribution is 2.23. The molecule has 1 unspecified atom stereocenters. The number of thiol groups is 1. The minimum atomic E-state index is -0.0611. The van der Waals surface area contributed by atoms with Crippen molar-refractivity contribution < 1.29 is 4.79 Å². The topological polar surface area (TPSA) is 41.1 Å². The molecule has 0 radical (unpaired) electrons. The number of amides is 1. The average molecular weight is 286 g/mol. The van der Waals surface area contributed by atoms with Crippen molar-refractivity contribution in [3.8, 4) is 11.1 Å². The zero-order valence-corrected chi connectivity index (χ0v) is 12.4. The SMILES string of the molecule is CC(=O)Nc1ccc(-c2ccc(NC(C)S)cc2)cc1. The third-order valence-corrected chi connectivity index (χ3v) is 2.93. The lowest BCUT2D eigenvalue weighted by molar-refractivity contribution is -0.114. The summed E-state index contributed by atoms with van der Waals surface area (Å²) in [4.78, 5) is 11.0. The first-order valence-electron chi connectivity index (χ1n) is 6.47. The highest BCUT2D eigenvalue weighted by atomic mass is 32.1. The van der Waals surface area contributed by atoms with Crippen molar-refractivity contribution in [3.63, 3.8) is 0 Å². The molecule has 0 aliphatic heterocycles. The van der Waals surface area contributed by atoms with Crippen LogP contribution in [0.5, 0.6) is 0 Å². The molecule has 2 N–H and O–H groups in total. The van der Waals surface area contributed by atoms with Crippen molar-refractivity contribution in [2.75, 3.05) is 10.6 Å². The maximum absolute atomic E-state index is 11.0. The Kier molecular flexibility index (Phi) is 4.69. The van der Waals surface area contributed by atoms with E-state index in [1.807, 2.05) is 43.3 Å². The number of hydrogen-bond donors (Lipinski definition) is 3. The molecule has 2 rings (SSSR count). The van der Waals surface area contributed by atoms with E-state index >= 15 is 0 Å². The van der Waals surface area contributed by atoms with E-state index < -0.39 is 0 Å². The van der Waals surface area contributed by atoms with E-state index in [1.165, 1.54) is 6.92 Å². The predicted molar refractivity (Wildman–Crippen MR) is 88.3 cm³/mol. The molecule has 0 aromatic heterocycles. The Morgan fingerprint density at radius 2 is 1.40 bits per heavy atom. The van der Waals surface area contributed by atoms with Crippen LogP contribution in [0.3, 0.4) is 0 Å². The zero-order valence-electron chi connectivity index (χ0n) is 11.6. The summed E-state index contributed by atoms with van der Waals surface area (Å²) >= 11 is 4.30. The number of carbonyl (C=O) groups is 1. The number of hydrogen-bond acceptors (Lipinski definition) is 3. The summed E-state index contributed by atoms with van der Waals surface area (Å²) in [5.41, 5.74) is 4.11. The van der Waals surface area contributed by atoms with E-state index in [0.29, 0.717) is 0 Å². The minimum absolute atomic E-state index is 0.0611. The first-order chi connectivity index (χ1) is 9.54. The molecule has 0 aliphatic carbocycles. The van der Waals surface area contributed by atoms with E-state index in [1.54, 1.807) is 0 Å². The third kappa shape index (κ3) is 4.03. The van der Waals surface area contributed by atoms with Crippen LogP contribution in [0.2, 0.25) is 0 Å². The van der Waals surface area contributed by atoms with Gasteiger partial charge in [-0.3, -0.25) is 4.79 Å². The third-order valence-electron chi connectivity index (χ3n) is 2.80. The summed E-state index contributed by atoms with van der Waals surface area (Å²) < 4.78 is 0. The van der Waals surface area contributed by atoms with Gasteiger partial charge in [-0.15, -0.1) is 0 Å². The summed E-state index contributed by atoms with van der Waals surface area (Å²) in [6, 6.07) is 16.0. The molecule has 4 heteroatoms. The Morgan fingerprint density at radius 3 is 1.80 bits per heavy atom. The molecular weight excluding hydrogens is 268 g/mol. The van der Waals surface area contributed by atoms with Crippen molar-refractivity contribution in [1.82, 2.24) is 0 Å². The molecular formula is C16H18N2OS. The average Bonchev–Trinajstić information content (AvgIpc) is 2.39. The van der Waals surface area contributed by atoms with Gasteiger partial charge >= 0.3 is 0 Å². The highest BCUT2D eigenvalue weighted by molar-refractivity contribution is 7.81. The molecule has 104 valence electrons.